The molecule has 2 aromatic carbocycles. The van der Waals surface area contributed by atoms with Crippen LogP contribution in [-0.2, 0) is 16.1 Å². The lowest BCUT2D eigenvalue weighted by atomic mass is 10.1. The first-order valence-corrected chi connectivity index (χ1v) is 12.8. The smallest absolute Gasteiger partial charge is 0.242 e. The highest BCUT2D eigenvalue weighted by Crippen LogP contribution is 2.22. The van der Waals surface area contributed by atoms with Gasteiger partial charge in [0.25, 0.3) is 0 Å². The summed E-state index contributed by atoms with van der Waals surface area (Å²) in [7, 11) is 1.64. The highest BCUT2D eigenvalue weighted by molar-refractivity contribution is 5.85. The maximum atomic E-state index is 13.2. The van der Waals surface area contributed by atoms with Gasteiger partial charge in [-0.2, -0.15) is 0 Å². The molecule has 0 aliphatic carbocycles. The summed E-state index contributed by atoms with van der Waals surface area (Å²) in [5, 5.41) is 8.88. The van der Waals surface area contributed by atoms with Crippen LogP contribution in [0.3, 0.4) is 0 Å². The van der Waals surface area contributed by atoms with Gasteiger partial charge < -0.3 is 19.4 Å². The zero-order valence-corrected chi connectivity index (χ0v) is 21.8. The molecule has 2 amide bonds. The second-order valence-corrected chi connectivity index (χ2v) is 9.56. The van der Waals surface area contributed by atoms with E-state index < -0.39 is 0 Å². The van der Waals surface area contributed by atoms with E-state index in [1.54, 1.807) is 12.0 Å². The standard InChI is InChI=1S/C29H35N5O3/c1-22(2)29(36)34(20-23-8-5-4-6-9-23)21-28(35)33-17-7-16-32(18-19-33)27-15-14-26(30-31-27)24-10-12-25(37-3)13-11-24/h4-6,8-15,22H,7,16-21H2,1-3H3. The molecule has 1 fully saturated rings. The molecule has 1 aromatic heterocycles. The second kappa shape index (κ2) is 12.3. The predicted octanol–water partition coefficient (Wildman–Crippen LogP) is 3.88. The van der Waals surface area contributed by atoms with Crippen molar-refractivity contribution in [3.63, 3.8) is 0 Å². The molecule has 0 atom stereocenters. The van der Waals surface area contributed by atoms with Crippen molar-refractivity contribution in [2.75, 3.05) is 44.7 Å². The van der Waals surface area contributed by atoms with E-state index in [4.69, 9.17) is 4.74 Å². The predicted molar refractivity (Wildman–Crippen MR) is 144 cm³/mol. The van der Waals surface area contributed by atoms with Crippen LogP contribution in [0.15, 0.2) is 66.7 Å². The number of ether oxygens (including phenoxy) is 1. The van der Waals surface area contributed by atoms with Crippen molar-refractivity contribution in [2.45, 2.75) is 26.8 Å². The van der Waals surface area contributed by atoms with Gasteiger partial charge in [-0.05, 0) is 48.4 Å². The maximum Gasteiger partial charge on any atom is 0.242 e. The molecular weight excluding hydrogens is 466 g/mol. The zero-order chi connectivity index (χ0) is 26.2. The first-order valence-electron chi connectivity index (χ1n) is 12.8. The van der Waals surface area contributed by atoms with Crippen molar-refractivity contribution in [1.29, 1.82) is 0 Å². The number of aromatic nitrogens is 2. The lowest BCUT2D eigenvalue weighted by Gasteiger charge is -2.28. The number of amides is 2. The summed E-state index contributed by atoms with van der Waals surface area (Å²) in [5.74, 6) is 1.39. The molecule has 1 aliphatic heterocycles. The van der Waals surface area contributed by atoms with E-state index in [0.717, 1.165) is 41.4 Å². The first kappa shape index (κ1) is 26.1. The Balaban J connectivity index is 1.37. The van der Waals surface area contributed by atoms with Crippen molar-refractivity contribution in [2.24, 2.45) is 5.92 Å². The van der Waals surface area contributed by atoms with Crippen LogP contribution in [0.2, 0.25) is 0 Å². The fourth-order valence-electron chi connectivity index (χ4n) is 4.45. The Labute approximate surface area is 218 Å². The third kappa shape index (κ3) is 6.84. The largest absolute Gasteiger partial charge is 0.497 e. The average Bonchev–Trinajstić information content (AvgIpc) is 3.19. The summed E-state index contributed by atoms with van der Waals surface area (Å²) >= 11 is 0. The Kier molecular flexibility index (Phi) is 8.72. The summed E-state index contributed by atoms with van der Waals surface area (Å²) in [6.45, 7) is 6.95. The number of anilines is 1. The highest BCUT2D eigenvalue weighted by atomic mass is 16.5. The van der Waals surface area contributed by atoms with Crippen molar-refractivity contribution in [3.05, 3.63) is 72.3 Å². The van der Waals surface area contributed by atoms with E-state index >= 15 is 0 Å². The molecule has 4 rings (SSSR count). The highest BCUT2D eigenvalue weighted by Gasteiger charge is 2.25. The van der Waals surface area contributed by atoms with Gasteiger partial charge in [-0.1, -0.05) is 44.2 Å². The number of carbonyl (C=O) groups is 2. The molecule has 0 bridgehead atoms. The Morgan fingerprint density at radius 2 is 1.68 bits per heavy atom. The number of nitrogens with zero attached hydrogens (tertiary/aromatic N) is 5. The van der Waals surface area contributed by atoms with Crippen LogP contribution < -0.4 is 9.64 Å². The lowest BCUT2D eigenvalue weighted by molar-refractivity contribution is -0.142. The zero-order valence-electron chi connectivity index (χ0n) is 21.8. The molecule has 0 N–H and O–H groups in total. The minimum Gasteiger partial charge on any atom is -0.497 e. The maximum absolute atomic E-state index is 13.2. The normalized spacial score (nSPS) is 13.8. The van der Waals surface area contributed by atoms with E-state index in [1.165, 1.54) is 0 Å². The molecule has 0 saturated carbocycles. The number of rotatable bonds is 8. The third-order valence-electron chi connectivity index (χ3n) is 6.56. The topological polar surface area (TPSA) is 78.9 Å². The van der Waals surface area contributed by atoms with Crippen LogP contribution in [0.1, 0.15) is 25.8 Å². The molecular formula is C29H35N5O3. The molecule has 0 radical (unpaired) electrons. The van der Waals surface area contributed by atoms with Gasteiger partial charge in [0.05, 0.1) is 12.8 Å². The molecule has 2 heterocycles. The minimum absolute atomic E-state index is 0.0131. The Morgan fingerprint density at radius 3 is 2.32 bits per heavy atom. The fourth-order valence-corrected chi connectivity index (χ4v) is 4.45. The van der Waals surface area contributed by atoms with Gasteiger partial charge in [0.2, 0.25) is 11.8 Å². The van der Waals surface area contributed by atoms with Gasteiger partial charge in [0, 0.05) is 44.2 Å². The molecule has 0 spiro atoms. The quantitative estimate of drug-likeness (QED) is 0.466. The number of carbonyl (C=O) groups excluding carboxylic acids is 2. The van der Waals surface area contributed by atoms with Crippen LogP contribution in [0.5, 0.6) is 5.75 Å². The number of benzene rings is 2. The fraction of sp³-hybridized carbons (Fsp3) is 0.379. The van der Waals surface area contributed by atoms with Crippen molar-refractivity contribution >= 4 is 17.6 Å². The molecule has 0 unspecified atom stereocenters. The SMILES string of the molecule is COc1ccc(-c2ccc(N3CCCN(C(=O)CN(Cc4ccccc4)C(=O)C(C)C)CC3)nn2)cc1. The third-order valence-corrected chi connectivity index (χ3v) is 6.56. The summed E-state index contributed by atoms with van der Waals surface area (Å²) in [5.41, 5.74) is 2.79. The molecule has 194 valence electrons. The summed E-state index contributed by atoms with van der Waals surface area (Å²) in [6.07, 6.45) is 0.824. The Hall–Kier alpha value is -3.94. The molecule has 8 heteroatoms. The van der Waals surface area contributed by atoms with Gasteiger partial charge in [0.1, 0.15) is 12.3 Å². The van der Waals surface area contributed by atoms with Gasteiger partial charge in [-0.15, -0.1) is 10.2 Å². The first-order chi connectivity index (χ1) is 17.9. The molecule has 8 nitrogen and oxygen atoms in total. The van der Waals surface area contributed by atoms with E-state index in [0.29, 0.717) is 26.2 Å². The molecule has 37 heavy (non-hydrogen) atoms. The van der Waals surface area contributed by atoms with Gasteiger partial charge in [-0.25, -0.2) is 0 Å². The number of methoxy groups -OCH3 is 1. The molecule has 1 aliphatic rings. The summed E-state index contributed by atoms with van der Waals surface area (Å²) < 4.78 is 5.22. The summed E-state index contributed by atoms with van der Waals surface area (Å²) in [6, 6.07) is 21.5. The number of hydrogen-bond acceptors (Lipinski definition) is 6. The van der Waals surface area contributed by atoms with Crippen LogP contribution in [0.25, 0.3) is 11.3 Å². The van der Waals surface area contributed by atoms with Crippen molar-refractivity contribution in [3.8, 4) is 17.0 Å². The Bertz CT molecular complexity index is 1170. The lowest BCUT2D eigenvalue weighted by Crippen LogP contribution is -2.45. The number of hydrogen-bond donors (Lipinski definition) is 0. The van der Waals surface area contributed by atoms with Crippen molar-refractivity contribution < 1.29 is 14.3 Å². The molecule has 1 saturated heterocycles. The minimum atomic E-state index is -0.171. The van der Waals surface area contributed by atoms with Crippen LogP contribution >= 0.6 is 0 Å². The van der Waals surface area contributed by atoms with E-state index in [-0.39, 0.29) is 24.3 Å². The summed E-state index contributed by atoms with van der Waals surface area (Å²) in [4.78, 5) is 31.8. The van der Waals surface area contributed by atoms with Crippen LogP contribution in [-0.4, -0.2) is 71.6 Å². The average molecular weight is 502 g/mol. The second-order valence-electron chi connectivity index (χ2n) is 9.56. The van der Waals surface area contributed by atoms with E-state index in [9.17, 15) is 9.59 Å². The van der Waals surface area contributed by atoms with Gasteiger partial charge >= 0.3 is 0 Å². The van der Waals surface area contributed by atoms with E-state index in [2.05, 4.69) is 15.1 Å². The van der Waals surface area contributed by atoms with Gasteiger partial charge in [0.15, 0.2) is 5.82 Å². The van der Waals surface area contributed by atoms with Crippen LogP contribution in [0.4, 0.5) is 5.82 Å². The van der Waals surface area contributed by atoms with Crippen molar-refractivity contribution in [1.82, 2.24) is 20.0 Å². The Morgan fingerprint density at radius 1 is 0.919 bits per heavy atom. The van der Waals surface area contributed by atoms with Crippen LogP contribution in [0, 0.1) is 5.92 Å². The monoisotopic (exact) mass is 501 g/mol. The van der Waals surface area contributed by atoms with E-state index in [1.807, 2.05) is 85.5 Å². The van der Waals surface area contributed by atoms with Gasteiger partial charge in [-0.3, -0.25) is 9.59 Å². The molecule has 3 aromatic rings.